The molecule has 4 nitrogen and oxygen atoms in total. The molecule has 0 bridgehead atoms. The van der Waals surface area contributed by atoms with Crippen molar-refractivity contribution in [3.8, 4) is 0 Å². The van der Waals surface area contributed by atoms with Gasteiger partial charge in [0.1, 0.15) is 12.3 Å². The van der Waals surface area contributed by atoms with E-state index in [0.717, 1.165) is 6.42 Å². The molecule has 0 amide bonds. The van der Waals surface area contributed by atoms with Gasteiger partial charge in [-0.05, 0) is 12.8 Å². The summed E-state index contributed by atoms with van der Waals surface area (Å²) in [5, 5.41) is 11.4. The maximum Gasteiger partial charge on any atom is 0.320 e. The molecule has 0 aromatic heterocycles. The number of fused-ring (bicyclic) bond motifs is 1. The summed E-state index contributed by atoms with van der Waals surface area (Å²) in [4.78, 5) is 10.4. The molecule has 2 N–H and O–H groups in total. The highest BCUT2D eigenvalue weighted by atomic mass is 16.6. The molecule has 0 aliphatic carbocycles. The highest BCUT2D eigenvalue weighted by molar-refractivity contribution is 5.73. The van der Waals surface area contributed by atoms with Crippen molar-refractivity contribution >= 4 is 5.97 Å². The highest BCUT2D eigenvalue weighted by Gasteiger charge is 2.45. The zero-order chi connectivity index (χ0) is 7.14. The minimum atomic E-state index is -0.769. The lowest BCUT2D eigenvalue weighted by Crippen LogP contribution is -2.42. The number of carboxylic acids is 1. The Balaban J connectivity index is 1.94. The summed E-state index contributed by atoms with van der Waals surface area (Å²) < 4.78 is 5.08. The van der Waals surface area contributed by atoms with Crippen LogP contribution in [0.1, 0.15) is 12.8 Å². The second-order valence-corrected chi connectivity index (χ2v) is 2.73. The van der Waals surface area contributed by atoms with Crippen LogP contribution in [0.4, 0.5) is 0 Å². The van der Waals surface area contributed by atoms with Gasteiger partial charge >= 0.3 is 5.97 Å². The third-order valence-corrected chi connectivity index (χ3v) is 1.99. The summed E-state index contributed by atoms with van der Waals surface area (Å²) in [5.41, 5.74) is 0. The molecular weight excluding hydrogens is 134 g/mol. The van der Waals surface area contributed by atoms with Gasteiger partial charge in [0.25, 0.3) is 0 Å². The molecule has 2 fully saturated rings. The molecule has 2 aliphatic heterocycles. The summed E-state index contributed by atoms with van der Waals surface area (Å²) in [6.45, 7) is 0. The first-order chi connectivity index (χ1) is 4.77. The van der Waals surface area contributed by atoms with Crippen molar-refractivity contribution in [3.63, 3.8) is 0 Å². The molecule has 2 rings (SSSR count). The number of carbonyl (C=O) groups is 1. The summed E-state index contributed by atoms with van der Waals surface area (Å²) in [7, 11) is 0. The monoisotopic (exact) mass is 143 g/mol. The van der Waals surface area contributed by atoms with E-state index in [9.17, 15) is 4.79 Å². The SMILES string of the molecule is O=C(O)C1CCC2OC2N1. The second kappa shape index (κ2) is 1.93. The van der Waals surface area contributed by atoms with Crippen molar-refractivity contribution in [3.05, 3.63) is 0 Å². The molecular formula is C6H9NO3. The molecule has 2 heterocycles. The first-order valence-corrected chi connectivity index (χ1v) is 3.41. The van der Waals surface area contributed by atoms with Crippen molar-refractivity contribution in [1.29, 1.82) is 0 Å². The van der Waals surface area contributed by atoms with Crippen LogP contribution in [0.2, 0.25) is 0 Å². The van der Waals surface area contributed by atoms with Gasteiger partial charge in [-0.2, -0.15) is 0 Å². The van der Waals surface area contributed by atoms with Gasteiger partial charge in [0.2, 0.25) is 0 Å². The van der Waals surface area contributed by atoms with Crippen LogP contribution in [0.3, 0.4) is 0 Å². The van der Waals surface area contributed by atoms with Crippen LogP contribution >= 0.6 is 0 Å². The lowest BCUT2D eigenvalue weighted by molar-refractivity contribution is -0.140. The molecule has 4 heteroatoms. The van der Waals surface area contributed by atoms with Crippen molar-refractivity contribution < 1.29 is 14.6 Å². The van der Waals surface area contributed by atoms with Crippen LogP contribution in [0.25, 0.3) is 0 Å². The first-order valence-electron chi connectivity index (χ1n) is 3.41. The van der Waals surface area contributed by atoms with E-state index in [1.165, 1.54) is 0 Å². The number of piperidine rings is 1. The minimum absolute atomic E-state index is 0.0369. The molecule has 0 spiro atoms. The van der Waals surface area contributed by atoms with Crippen LogP contribution < -0.4 is 5.32 Å². The third kappa shape index (κ3) is 0.892. The van der Waals surface area contributed by atoms with E-state index in [2.05, 4.69) is 5.32 Å². The maximum atomic E-state index is 10.4. The Morgan fingerprint density at radius 3 is 3.00 bits per heavy atom. The molecule has 0 radical (unpaired) electrons. The Labute approximate surface area is 58.2 Å². The number of ether oxygens (including phenoxy) is 1. The average molecular weight is 143 g/mol. The van der Waals surface area contributed by atoms with E-state index < -0.39 is 5.97 Å². The van der Waals surface area contributed by atoms with Crippen molar-refractivity contribution in [2.75, 3.05) is 0 Å². The molecule has 3 atom stereocenters. The third-order valence-electron chi connectivity index (χ3n) is 1.99. The van der Waals surface area contributed by atoms with Crippen LogP contribution in [-0.2, 0) is 9.53 Å². The fraction of sp³-hybridized carbons (Fsp3) is 0.833. The predicted octanol–water partition coefficient (Wildman–Crippen LogP) is -0.452. The van der Waals surface area contributed by atoms with Crippen LogP contribution in [0, 0.1) is 0 Å². The lowest BCUT2D eigenvalue weighted by atomic mass is 10.1. The number of aliphatic carboxylic acids is 1. The van der Waals surface area contributed by atoms with Gasteiger partial charge in [-0.3, -0.25) is 10.1 Å². The Morgan fingerprint density at radius 2 is 2.40 bits per heavy atom. The molecule has 0 aromatic carbocycles. The molecule has 2 saturated heterocycles. The van der Waals surface area contributed by atoms with E-state index in [-0.39, 0.29) is 12.3 Å². The van der Waals surface area contributed by atoms with Gasteiger partial charge in [-0.15, -0.1) is 0 Å². The largest absolute Gasteiger partial charge is 0.480 e. The van der Waals surface area contributed by atoms with Crippen molar-refractivity contribution in [2.45, 2.75) is 31.2 Å². The van der Waals surface area contributed by atoms with Crippen LogP contribution in [0.15, 0.2) is 0 Å². The van der Waals surface area contributed by atoms with Gasteiger partial charge < -0.3 is 9.84 Å². The lowest BCUT2D eigenvalue weighted by Gasteiger charge is -2.15. The maximum absolute atomic E-state index is 10.4. The fourth-order valence-corrected chi connectivity index (χ4v) is 1.32. The second-order valence-electron chi connectivity index (χ2n) is 2.73. The number of carboxylic acid groups (broad SMARTS) is 1. The van der Waals surface area contributed by atoms with E-state index in [0.29, 0.717) is 12.5 Å². The van der Waals surface area contributed by atoms with Gasteiger partial charge in [0.05, 0.1) is 6.10 Å². The standard InChI is InChI=1S/C6H9NO3/c8-6(9)3-1-2-4-5(7-3)10-4/h3-5,7H,1-2H2,(H,8,9). The predicted molar refractivity (Wildman–Crippen MR) is 32.5 cm³/mol. The smallest absolute Gasteiger partial charge is 0.320 e. The number of epoxide rings is 1. The Hall–Kier alpha value is -0.610. The van der Waals surface area contributed by atoms with E-state index in [1.54, 1.807) is 0 Å². The quantitative estimate of drug-likeness (QED) is 0.488. The van der Waals surface area contributed by atoms with E-state index in [1.807, 2.05) is 0 Å². The van der Waals surface area contributed by atoms with Crippen LogP contribution in [0.5, 0.6) is 0 Å². The molecule has 56 valence electrons. The zero-order valence-corrected chi connectivity index (χ0v) is 5.41. The normalized spacial score (nSPS) is 44.2. The summed E-state index contributed by atoms with van der Waals surface area (Å²) in [6, 6.07) is -0.385. The Kier molecular flexibility index (Phi) is 1.18. The fourth-order valence-electron chi connectivity index (χ4n) is 1.32. The summed E-state index contributed by atoms with van der Waals surface area (Å²) in [5.74, 6) is -0.769. The summed E-state index contributed by atoms with van der Waals surface area (Å²) >= 11 is 0. The molecule has 0 aromatic rings. The Bertz CT molecular complexity index is 170. The summed E-state index contributed by atoms with van der Waals surface area (Å²) in [6.07, 6.45) is 1.91. The van der Waals surface area contributed by atoms with Crippen LogP contribution in [-0.4, -0.2) is 29.4 Å². The minimum Gasteiger partial charge on any atom is -0.480 e. The van der Waals surface area contributed by atoms with Gasteiger partial charge in [-0.25, -0.2) is 0 Å². The average Bonchev–Trinajstić information content (AvgIpc) is 2.63. The van der Waals surface area contributed by atoms with E-state index >= 15 is 0 Å². The van der Waals surface area contributed by atoms with Crippen molar-refractivity contribution in [2.24, 2.45) is 0 Å². The molecule has 3 unspecified atom stereocenters. The van der Waals surface area contributed by atoms with Gasteiger partial charge in [0.15, 0.2) is 0 Å². The molecule has 2 aliphatic rings. The number of rotatable bonds is 1. The zero-order valence-electron chi connectivity index (χ0n) is 5.41. The number of hydrogen-bond acceptors (Lipinski definition) is 3. The number of hydrogen-bond donors (Lipinski definition) is 2. The topological polar surface area (TPSA) is 61.9 Å². The van der Waals surface area contributed by atoms with Crippen molar-refractivity contribution in [1.82, 2.24) is 5.32 Å². The highest BCUT2D eigenvalue weighted by Crippen LogP contribution is 2.29. The van der Waals surface area contributed by atoms with Gasteiger partial charge in [-0.1, -0.05) is 0 Å². The first kappa shape index (κ1) is 6.12. The number of nitrogens with one attached hydrogen (secondary N) is 1. The van der Waals surface area contributed by atoms with E-state index in [4.69, 9.17) is 9.84 Å². The van der Waals surface area contributed by atoms with Gasteiger partial charge in [0, 0.05) is 0 Å². The Morgan fingerprint density at radius 1 is 1.60 bits per heavy atom. The molecule has 10 heavy (non-hydrogen) atoms. The molecule has 0 saturated carbocycles.